The van der Waals surface area contributed by atoms with Crippen molar-refractivity contribution >= 4 is 17.1 Å². The molecule has 4 rings (SSSR count). The second-order valence-corrected chi connectivity index (χ2v) is 6.66. The number of amides is 1. The quantitative estimate of drug-likeness (QED) is 0.688. The number of carbonyl (C=O) groups excluding carboxylic acids is 1. The zero-order valence-corrected chi connectivity index (χ0v) is 14.9. The van der Waals surface area contributed by atoms with Crippen LogP contribution < -0.4 is 10.9 Å². The highest BCUT2D eigenvalue weighted by Crippen LogP contribution is 2.11. The lowest BCUT2D eigenvalue weighted by Gasteiger charge is -2.10. The molecule has 3 aromatic rings. The maximum atomic E-state index is 12.4. The molecule has 0 bridgehead atoms. The van der Waals surface area contributed by atoms with Gasteiger partial charge in [-0.1, -0.05) is 35.0 Å². The van der Waals surface area contributed by atoms with Crippen LogP contribution in [0.3, 0.4) is 0 Å². The number of benzene rings is 1. The standard InChI is InChI=1S/C18H20N6O3/c1-11-4-6-12(7-5-11)10-24-16-14(22-23-24)17(25)21-15(20-16)18(26)19-9-13-3-2-8-27-13/h4-7,13H,2-3,8-10H2,1H3,(H,19,26)(H,20,21,25)/t13-/m0/s1. The molecule has 140 valence electrons. The molecule has 0 saturated carbocycles. The minimum Gasteiger partial charge on any atom is -0.376 e. The molecule has 1 amide bonds. The van der Waals surface area contributed by atoms with Crippen molar-refractivity contribution in [2.24, 2.45) is 0 Å². The van der Waals surface area contributed by atoms with Crippen LogP contribution in [0, 0.1) is 6.92 Å². The van der Waals surface area contributed by atoms with E-state index in [-0.39, 0.29) is 23.1 Å². The van der Waals surface area contributed by atoms with Crippen molar-refractivity contribution in [3.63, 3.8) is 0 Å². The molecule has 1 aliphatic heterocycles. The predicted molar refractivity (Wildman–Crippen MR) is 97.5 cm³/mol. The molecule has 9 heteroatoms. The molecule has 27 heavy (non-hydrogen) atoms. The summed E-state index contributed by atoms with van der Waals surface area (Å²) in [5.74, 6) is -0.509. The van der Waals surface area contributed by atoms with Gasteiger partial charge in [-0.15, -0.1) is 5.10 Å². The van der Waals surface area contributed by atoms with E-state index in [1.807, 2.05) is 31.2 Å². The SMILES string of the molecule is Cc1ccc(Cn2nnc3c(=O)[nH]c(C(=O)NC[C@@H]4CCCO4)nc32)cc1. The van der Waals surface area contributed by atoms with Gasteiger partial charge in [0.05, 0.1) is 12.6 Å². The number of rotatable bonds is 5. The summed E-state index contributed by atoms with van der Waals surface area (Å²) in [7, 11) is 0. The number of aromatic amines is 1. The molecule has 2 N–H and O–H groups in total. The average molecular weight is 368 g/mol. The fourth-order valence-electron chi connectivity index (χ4n) is 3.04. The Hall–Kier alpha value is -3.07. The molecule has 3 heterocycles. The first-order chi connectivity index (χ1) is 13.1. The van der Waals surface area contributed by atoms with Crippen LogP contribution >= 0.6 is 0 Å². The van der Waals surface area contributed by atoms with Crippen molar-refractivity contribution in [3.05, 3.63) is 51.6 Å². The van der Waals surface area contributed by atoms with Crippen molar-refractivity contribution in [2.75, 3.05) is 13.2 Å². The molecule has 0 aliphatic carbocycles. The molecule has 2 aromatic heterocycles. The van der Waals surface area contributed by atoms with Crippen LogP contribution in [0.15, 0.2) is 29.1 Å². The zero-order valence-electron chi connectivity index (χ0n) is 14.9. The topological polar surface area (TPSA) is 115 Å². The van der Waals surface area contributed by atoms with Crippen molar-refractivity contribution in [1.29, 1.82) is 0 Å². The normalized spacial score (nSPS) is 16.7. The Morgan fingerprint density at radius 2 is 2.19 bits per heavy atom. The Kier molecular flexibility index (Phi) is 4.68. The molecular formula is C18H20N6O3. The summed E-state index contributed by atoms with van der Waals surface area (Å²) in [6.45, 7) is 3.52. The van der Waals surface area contributed by atoms with Gasteiger partial charge in [0.15, 0.2) is 11.2 Å². The fraction of sp³-hybridized carbons (Fsp3) is 0.389. The van der Waals surface area contributed by atoms with Gasteiger partial charge in [0, 0.05) is 13.2 Å². The van der Waals surface area contributed by atoms with E-state index in [9.17, 15) is 9.59 Å². The van der Waals surface area contributed by atoms with E-state index >= 15 is 0 Å². The molecule has 1 saturated heterocycles. The second kappa shape index (κ2) is 7.28. The lowest BCUT2D eigenvalue weighted by Crippen LogP contribution is -2.34. The monoisotopic (exact) mass is 368 g/mol. The number of nitrogens with zero attached hydrogens (tertiary/aromatic N) is 4. The van der Waals surface area contributed by atoms with Crippen LogP contribution in [0.5, 0.6) is 0 Å². The van der Waals surface area contributed by atoms with Gasteiger partial charge in [-0.3, -0.25) is 9.59 Å². The highest BCUT2D eigenvalue weighted by atomic mass is 16.5. The van der Waals surface area contributed by atoms with Gasteiger partial charge < -0.3 is 15.0 Å². The van der Waals surface area contributed by atoms with Crippen molar-refractivity contribution in [3.8, 4) is 0 Å². The smallest absolute Gasteiger partial charge is 0.287 e. The van der Waals surface area contributed by atoms with Crippen LogP contribution in [-0.4, -0.2) is 50.1 Å². The molecule has 0 radical (unpaired) electrons. The van der Waals surface area contributed by atoms with Crippen LogP contribution in [0.4, 0.5) is 0 Å². The maximum absolute atomic E-state index is 12.4. The molecule has 1 aliphatic rings. The van der Waals surface area contributed by atoms with Gasteiger partial charge in [0.25, 0.3) is 11.5 Å². The summed E-state index contributed by atoms with van der Waals surface area (Å²) >= 11 is 0. The van der Waals surface area contributed by atoms with E-state index in [0.29, 0.717) is 19.7 Å². The van der Waals surface area contributed by atoms with Crippen LogP contribution in [0.25, 0.3) is 11.2 Å². The first-order valence-corrected chi connectivity index (χ1v) is 8.89. The number of nitrogens with one attached hydrogen (secondary N) is 2. The van der Waals surface area contributed by atoms with Crippen molar-refractivity contribution in [2.45, 2.75) is 32.4 Å². The number of carbonyl (C=O) groups is 1. The molecule has 0 unspecified atom stereocenters. The third kappa shape index (κ3) is 3.72. The van der Waals surface area contributed by atoms with Crippen molar-refractivity contribution in [1.82, 2.24) is 30.3 Å². The Morgan fingerprint density at radius 1 is 1.37 bits per heavy atom. The first-order valence-electron chi connectivity index (χ1n) is 8.89. The summed E-state index contributed by atoms with van der Waals surface area (Å²) in [6.07, 6.45) is 1.92. The summed E-state index contributed by atoms with van der Waals surface area (Å²) < 4.78 is 7.00. The third-order valence-corrected chi connectivity index (χ3v) is 4.56. The van der Waals surface area contributed by atoms with E-state index < -0.39 is 11.5 Å². The van der Waals surface area contributed by atoms with Crippen molar-refractivity contribution < 1.29 is 9.53 Å². The molecule has 1 fully saturated rings. The number of aryl methyl sites for hydroxylation is 1. The van der Waals surface area contributed by atoms with E-state index in [0.717, 1.165) is 24.0 Å². The van der Waals surface area contributed by atoms with Gasteiger partial charge >= 0.3 is 0 Å². The summed E-state index contributed by atoms with van der Waals surface area (Å²) in [4.78, 5) is 31.4. The highest BCUT2D eigenvalue weighted by Gasteiger charge is 2.19. The second-order valence-electron chi connectivity index (χ2n) is 6.66. The zero-order chi connectivity index (χ0) is 18.8. The minimum atomic E-state index is -0.488. The highest BCUT2D eigenvalue weighted by molar-refractivity contribution is 5.91. The first kappa shape index (κ1) is 17.3. The predicted octanol–water partition coefficient (Wildman–Crippen LogP) is 0.780. The minimum absolute atomic E-state index is 0.0122. The average Bonchev–Trinajstić information content (AvgIpc) is 3.32. The lowest BCUT2D eigenvalue weighted by atomic mass is 10.1. The molecular weight excluding hydrogens is 348 g/mol. The Labute approximate surface area is 154 Å². The Morgan fingerprint density at radius 3 is 2.93 bits per heavy atom. The molecule has 1 aromatic carbocycles. The number of H-pyrrole nitrogens is 1. The third-order valence-electron chi connectivity index (χ3n) is 4.56. The van der Waals surface area contributed by atoms with E-state index in [1.165, 1.54) is 4.68 Å². The number of hydrogen-bond acceptors (Lipinski definition) is 6. The molecule has 1 atom stereocenters. The summed E-state index contributed by atoms with van der Waals surface area (Å²) in [5, 5.41) is 10.7. The number of ether oxygens (including phenoxy) is 1. The Balaban J connectivity index is 1.58. The number of aromatic nitrogens is 5. The van der Waals surface area contributed by atoms with E-state index in [4.69, 9.17) is 4.74 Å². The van der Waals surface area contributed by atoms with Gasteiger partial charge in [-0.25, -0.2) is 9.67 Å². The summed E-state index contributed by atoms with van der Waals surface area (Å²) in [5.41, 5.74) is 2.05. The van der Waals surface area contributed by atoms with E-state index in [1.54, 1.807) is 0 Å². The Bertz CT molecular complexity index is 1020. The van der Waals surface area contributed by atoms with Crippen LogP contribution in [0.2, 0.25) is 0 Å². The summed E-state index contributed by atoms with van der Waals surface area (Å²) in [6, 6.07) is 7.95. The van der Waals surface area contributed by atoms with Crippen LogP contribution in [0.1, 0.15) is 34.6 Å². The van der Waals surface area contributed by atoms with Gasteiger partial charge in [0.2, 0.25) is 5.82 Å². The number of hydrogen-bond donors (Lipinski definition) is 2. The fourth-order valence-corrected chi connectivity index (χ4v) is 3.04. The number of fused-ring (bicyclic) bond motifs is 1. The molecule has 0 spiro atoms. The van der Waals surface area contributed by atoms with Gasteiger partial charge in [-0.2, -0.15) is 0 Å². The van der Waals surface area contributed by atoms with E-state index in [2.05, 4.69) is 25.6 Å². The van der Waals surface area contributed by atoms with Gasteiger partial charge in [0.1, 0.15) is 0 Å². The largest absolute Gasteiger partial charge is 0.376 e. The van der Waals surface area contributed by atoms with Gasteiger partial charge in [-0.05, 0) is 25.3 Å². The van der Waals surface area contributed by atoms with Crippen LogP contribution in [-0.2, 0) is 11.3 Å². The lowest BCUT2D eigenvalue weighted by molar-refractivity contribution is 0.0849. The maximum Gasteiger partial charge on any atom is 0.287 e. The molecule has 9 nitrogen and oxygen atoms in total.